The zero-order valence-electron chi connectivity index (χ0n) is 13.7. The summed E-state index contributed by atoms with van der Waals surface area (Å²) in [7, 11) is 0. The van der Waals surface area contributed by atoms with Gasteiger partial charge in [-0.25, -0.2) is 0 Å². The molecule has 1 aliphatic rings. The third-order valence-electron chi connectivity index (χ3n) is 2.97. The summed E-state index contributed by atoms with van der Waals surface area (Å²) in [5, 5.41) is 10.0. The SMILES string of the molecule is CC(=O)OC[C@@H]1OC(O)[C@H](OC(C)=O)[C@H](OC(C)=O)[C@H]1OC(C)=O. The van der Waals surface area contributed by atoms with Crippen LogP contribution >= 0.6 is 0 Å². The highest BCUT2D eigenvalue weighted by molar-refractivity contribution is 5.68. The second-order valence-corrected chi connectivity index (χ2v) is 5.09. The van der Waals surface area contributed by atoms with Gasteiger partial charge in [-0.1, -0.05) is 0 Å². The van der Waals surface area contributed by atoms with Crippen molar-refractivity contribution in [1.82, 2.24) is 0 Å². The number of hydrogen-bond acceptors (Lipinski definition) is 10. The maximum Gasteiger partial charge on any atom is 0.303 e. The lowest BCUT2D eigenvalue weighted by atomic mass is 9.98. The van der Waals surface area contributed by atoms with Crippen LogP contribution in [-0.4, -0.2) is 66.3 Å². The number of aliphatic hydroxyl groups is 1. The normalized spacial score (nSPS) is 29.3. The zero-order valence-corrected chi connectivity index (χ0v) is 13.7. The van der Waals surface area contributed by atoms with Gasteiger partial charge in [-0.05, 0) is 0 Å². The van der Waals surface area contributed by atoms with Crippen molar-refractivity contribution < 1.29 is 48.0 Å². The first-order valence-corrected chi connectivity index (χ1v) is 7.10. The topological polar surface area (TPSA) is 135 Å². The van der Waals surface area contributed by atoms with Gasteiger partial charge in [-0.2, -0.15) is 0 Å². The molecule has 0 amide bonds. The van der Waals surface area contributed by atoms with Gasteiger partial charge in [-0.15, -0.1) is 0 Å². The Hall–Kier alpha value is -2.20. The van der Waals surface area contributed by atoms with Crippen molar-refractivity contribution in [2.75, 3.05) is 6.61 Å². The van der Waals surface area contributed by atoms with Gasteiger partial charge < -0.3 is 28.8 Å². The van der Waals surface area contributed by atoms with E-state index in [9.17, 15) is 24.3 Å². The van der Waals surface area contributed by atoms with Crippen LogP contribution in [-0.2, 0) is 42.9 Å². The summed E-state index contributed by atoms with van der Waals surface area (Å²) in [5.41, 5.74) is 0. The van der Waals surface area contributed by atoms with Crippen LogP contribution in [0, 0.1) is 0 Å². The van der Waals surface area contributed by atoms with E-state index in [1.165, 1.54) is 0 Å². The van der Waals surface area contributed by atoms with Crippen molar-refractivity contribution >= 4 is 23.9 Å². The molecule has 0 bridgehead atoms. The standard InChI is InChI=1S/C14H20O10/c1-6(15)20-5-10-11(21-7(2)16)12(22-8(3)17)13(14(19)24-10)23-9(4)18/h10-14,19H,5H2,1-4H3/t10-,11-,12+,13+,14?/m0/s1. The summed E-state index contributed by atoms with van der Waals surface area (Å²) in [6, 6.07) is 0. The lowest BCUT2D eigenvalue weighted by Gasteiger charge is -2.42. The Labute approximate surface area is 137 Å². The molecule has 1 rings (SSSR count). The molecule has 5 atom stereocenters. The fraction of sp³-hybridized carbons (Fsp3) is 0.714. The molecule has 0 aliphatic carbocycles. The smallest absolute Gasteiger partial charge is 0.303 e. The molecule has 136 valence electrons. The van der Waals surface area contributed by atoms with Gasteiger partial charge in [0.15, 0.2) is 24.6 Å². The molecule has 0 spiro atoms. The number of carbonyl (C=O) groups excluding carboxylic acids is 4. The molecule has 24 heavy (non-hydrogen) atoms. The van der Waals surface area contributed by atoms with Gasteiger partial charge in [0.05, 0.1) is 0 Å². The van der Waals surface area contributed by atoms with E-state index in [2.05, 4.69) is 0 Å². The molecule has 1 aliphatic heterocycles. The van der Waals surface area contributed by atoms with Crippen molar-refractivity contribution in [2.45, 2.75) is 58.4 Å². The maximum absolute atomic E-state index is 11.3. The second kappa shape index (κ2) is 8.60. The fourth-order valence-corrected chi connectivity index (χ4v) is 2.21. The lowest BCUT2D eigenvalue weighted by Crippen LogP contribution is -2.62. The predicted molar refractivity (Wildman–Crippen MR) is 74.2 cm³/mol. The first-order chi connectivity index (χ1) is 11.1. The van der Waals surface area contributed by atoms with Gasteiger partial charge in [-0.3, -0.25) is 19.2 Å². The summed E-state index contributed by atoms with van der Waals surface area (Å²) in [6.07, 6.45) is -6.79. The summed E-state index contributed by atoms with van der Waals surface area (Å²) in [6.45, 7) is 4.09. The van der Waals surface area contributed by atoms with Crippen LogP contribution in [0.5, 0.6) is 0 Å². The van der Waals surface area contributed by atoms with Crippen LogP contribution in [0.1, 0.15) is 27.7 Å². The number of rotatable bonds is 5. The molecule has 0 aromatic rings. The van der Waals surface area contributed by atoms with Crippen molar-refractivity contribution in [2.24, 2.45) is 0 Å². The van der Waals surface area contributed by atoms with Crippen LogP contribution < -0.4 is 0 Å². The predicted octanol–water partition coefficient (Wildman–Crippen LogP) is -0.938. The highest BCUT2D eigenvalue weighted by atomic mass is 16.7. The Morgan fingerprint density at radius 2 is 1.25 bits per heavy atom. The summed E-state index contributed by atoms with van der Waals surface area (Å²) >= 11 is 0. The van der Waals surface area contributed by atoms with Crippen LogP contribution in [0.2, 0.25) is 0 Å². The third-order valence-corrected chi connectivity index (χ3v) is 2.97. The van der Waals surface area contributed by atoms with E-state index >= 15 is 0 Å². The highest BCUT2D eigenvalue weighted by Crippen LogP contribution is 2.28. The zero-order chi connectivity index (χ0) is 18.4. The summed E-state index contributed by atoms with van der Waals surface area (Å²) in [5.74, 6) is -2.87. The minimum atomic E-state index is -1.68. The molecule has 10 heteroatoms. The van der Waals surface area contributed by atoms with Gasteiger partial charge in [0, 0.05) is 27.7 Å². The molecule has 1 heterocycles. The average Bonchev–Trinajstić information content (AvgIpc) is 2.42. The number of carbonyl (C=O) groups is 4. The van der Waals surface area contributed by atoms with E-state index in [1.54, 1.807) is 0 Å². The Bertz CT molecular complexity index is 502. The van der Waals surface area contributed by atoms with E-state index in [1.807, 2.05) is 0 Å². The number of aliphatic hydroxyl groups excluding tert-OH is 1. The van der Waals surface area contributed by atoms with Crippen LogP contribution in [0.3, 0.4) is 0 Å². The first kappa shape index (κ1) is 19.8. The maximum atomic E-state index is 11.3. The second-order valence-electron chi connectivity index (χ2n) is 5.09. The van der Waals surface area contributed by atoms with Crippen LogP contribution in [0.15, 0.2) is 0 Å². The molecule has 1 fully saturated rings. The molecule has 0 saturated carbocycles. The minimum Gasteiger partial charge on any atom is -0.463 e. The van der Waals surface area contributed by atoms with Crippen molar-refractivity contribution in [3.05, 3.63) is 0 Å². The Kier molecular flexibility index (Phi) is 7.11. The molecule has 1 unspecified atom stereocenters. The molecule has 1 N–H and O–H groups in total. The summed E-state index contributed by atoms with van der Waals surface area (Å²) in [4.78, 5) is 44.9. The Balaban J connectivity index is 3.11. The molecule has 0 aromatic heterocycles. The average molecular weight is 348 g/mol. The molecule has 10 nitrogen and oxygen atoms in total. The van der Waals surface area contributed by atoms with E-state index in [-0.39, 0.29) is 6.61 Å². The third kappa shape index (κ3) is 5.78. The molecular weight excluding hydrogens is 328 g/mol. The summed E-state index contributed by atoms with van der Waals surface area (Å²) < 4.78 is 25.0. The van der Waals surface area contributed by atoms with E-state index in [0.717, 1.165) is 27.7 Å². The number of esters is 4. The van der Waals surface area contributed by atoms with Crippen LogP contribution in [0.4, 0.5) is 0 Å². The quantitative estimate of drug-likeness (QED) is 0.490. The van der Waals surface area contributed by atoms with Crippen molar-refractivity contribution in [1.29, 1.82) is 0 Å². The molecule has 0 radical (unpaired) electrons. The Morgan fingerprint density at radius 3 is 1.71 bits per heavy atom. The Morgan fingerprint density at radius 1 is 0.792 bits per heavy atom. The van der Waals surface area contributed by atoms with E-state index in [0.29, 0.717) is 0 Å². The van der Waals surface area contributed by atoms with Gasteiger partial charge in [0.25, 0.3) is 0 Å². The molecule has 0 aromatic carbocycles. The monoisotopic (exact) mass is 348 g/mol. The number of ether oxygens (including phenoxy) is 5. The fourth-order valence-electron chi connectivity index (χ4n) is 2.21. The lowest BCUT2D eigenvalue weighted by molar-refractivity contribution is -0.296. The van der Waals surface area contributed by atoms with Gasteiger partial charge in [0.2, 0.25) is 0 Å². The first-order valence-electron chi connectivity index (χ1n) is 7.10. The van der Waals surface area contributed by atoms with Crippen molar-refractivity contribution in [3.63, 3.8) is 0 Å². The van der Waals surface area contributed by atoms with Gasteiger partial charge in [0.1, 0.15) is 12.7 Å². The molecular formula is C14H20O10. The van der Waals surface area contributed by atoms with Crippen LogP contribution in [0.25, 0.3) is 0 Å². The molecule has 1 saturated heterocycles. The number of hydrogen-bond donors (Lipinski definition) is 1. The largest absolute Gasteiger partial charge is 0.463 e. The van der Waals surface area contributed by atoms with E-state index in [4.69, 9.17) is 23.7 Å². The highest BCUT2D eigenvalue weighted by Gasteiger charge is 2.51. The van der Waals surface area contributed by atoms with Gasteiger partial charge >= 0.3 is 23.9 Å². The minimum absolute atomic E-state index is 0.366. The van der Waals surface area contributed by atoms with Crippen molar-refractivity contribution in [3.8, 4) is 0 Å². The van der Waals surface area contributed by atoms with E-state index < -0.39 is 54.6 Å².